The van der Waals surface area contributed by atoms with Crippen LogP contribution in [0, 0.1) is 6.92 Å². The van der Waals surface area contributed by atoms with Gasteiger partial charge in [0.2, 0.25) is 0 Å². The van der Waals surface area contributed by atoms with Crippen LogP contribution in [0.4, 0.5) is 0 Å². The Bertz CT molecular complexity index is 962. The Labute approximate surface area is 159 Å². The highest BCUT2D eigenvalue weighted by Gasteiger charge is 2.18. The normalized spacial score (nSPS) is 12.3. The molecule has 3 aromatic rings. The van der Waals surface area contributed by atoms with E-state index in [0.29, 0.717) is 16.4 Å². The number of nitrogens with one attached hydrogen (secondary N) is 1. The molecule has 2 heterocycles. The number of aryl methyl sites for hydroxylation is 1. The Kier molecular flexibility index (Phi) is 5.29. The zero-order valence-electron chi connectivity index (χ0n) is 14.3. The summed E-state index contributed by atoms with van der Waals surface area (Å²) in [5.41, 5.74) is 1.91. The molecule has 0 fully saturated rings. The van der Waals surface area contributed by atoms with Crippen molar-refractivity contribution in [2.24, 2.45) is 0 Å². The summed E-state index contributed by atoms with van der Waals surface area (Å²) in [5, 5.41) is 17.7. The first-order valence-corrected chi connectivity index (χ1v) is 9.27. The van der Waals surface area contributed by atoms with E-state index in [0.717, 1.165) is 21.5 Å². The van der Waals surface area contributed by atoms with Crippen molar-refractivity contribution in [3.63, 3.8) is 0 Å². The third-order valence-electron chi connectivity index (χ3n) is 3.94. The average molecular weight is 392 g/mol. The number of carbonyl (C=O) groups is 2. The minimum absolute atomic E-state index is 0.111. The molecule has 1 amide bonds. The summed E-state index contributed by atoms with van der Waals surface area (Å²) in [5.74, 6) is -1.21. The second-order valence-electron chi connectivity index (χ2n) is 6.17. The van der Waals surface area contributed by atoms with E-state index in [1.807, 2.05) is 41.9 Å². The Morgan fingerprint density at radius 1 is 1.35 bits per heavy atom. The van der Waals surface area contributed by atoms with Crippen molar-refractivity contribution in [2.45, 2.75) is 32.9 Å². The fourth-order valence-electron chi connectivity index (χ4n) is 2.70. The minimum Gasteiger partial charge on any atom is -0.481 e. The number of hydrogen-bond acceptors (Lipinski definition) is 4. The molecular formula is C18H18ClN3O3S. The SMILES string of the molecule is Cc1nn(Cc2ccc(Cl)cc2)c2sc(C(=O)NC(C)CC(=O)O)cc12. The number of rotatable bonds is 6. The number of aromatic nitrogens is 2. The van der Waals surface area contributed by atoms with Gasteiger partial charge in [0.25, 0.3) is 5.91 Å². The molecule has 26 heavy (non-hydrogen) atoms. The number of thiophene rings is 1. The summed E-state index contributed by atoms with van der Waals surface area (Å²) >= 11 is 7.27. The van der Waals surface area contributed by atoms with Crippen LogP contribution in [0.25, 0.3) is 10.2 Å². The molecule has 0 saturated carbocycles. The first kappa shape index (κ1) is 18.4. The quantitative estimate of drug-likeness (QED) is 0.671. The third-order valence-corrected chi connectivity index (χ3v) is 5.33. The molecule has 1 atom stereocenters. The summed E-state index contributed by atoms with van der Waals surface area (Å²) in [4.78, 5) is 24.6. The molecule has 136 valence electrons. The zero-order chi connectivity index (χ0) is 18.8. The van der Waals surface area contributed by atoms with E-state index < -0.39 is 12.0 Å². The zero-order valence-corrected chi connectivity index (χ0v) is 15.9. The summed E-state index contributed by atoms with van der Waals surface area (Å²) in [6, 6.07) is 8.93. The number of carboxylic acid groups (broad SMARTS) is 1. The Morgan fingerprint density at radius 2 is 2.04 bits per heavy atom. The lowest BCUT2D eigenvalue weighted by Crippen LogP contribution is -2.33. The van der Waals surface area contributed by atoms with Crippen LogP contribution in [0.1, 0.15) is 34.3 Å². The van der Waals surface area contributed by atoms with Gasteiger partial charge in [0.15, 0.2) is 0 Å². The van der Waals surface area contributed by atoms with Gasteiger partial charge in [-0.05, 0) is 37.6 Å². The maximum absolute atomic E-state index is 12.4. The number of hydrogen-bond donors (Lipinski definition) is 2. The lowest BCUT2D eigenvalue weighted by molar-refractivity contribution is -0.137. The first-order valence-electron chi connectivity index (χ1n) is 8.07. The number of benzene rings is 1. The van der Waals surface area contributed by atoms with E-state index in [4.69, 9.17) is 16.7 Å². The van der Waals surface area contributed by atoms with Crippen molar-refractivity contribution in [1.29, 1.82) is 0 Å². The predicted molar refractivity (Wildman–Crippen MR) is 102 cm³/mol. The van der Waals surface area contributed by atoms with E-state index >= 15 is 0 Å². The largest absolute Gasteiger partial charge is 0.481 e. The minimum atomic E-state index is -0.941. The van der Waals surface area contributed by atoms with Crippen molar-refractivity contribution < 1.29 is 14.7 Å². The van der Waals surface area contributed by atoms with Gasteiger partial charge in [-0.25, -0.2) is 0 Å². The summed E-state index contributed by atoms with van der Waals surface area (Å²) in [7, 11) is 0. The Morgan fingerprint density at radius 3 is 2.69 bits per heavy atom. The van der Waals surface area contributed by atoms with E-state index in [2.05, 4.69) is 10.4 Å². The predicted octanol–water partition coefficient (Wildman–Crippen LogP) is 3.70. The standard InChI is InChI=1S/C18H18ClN3O3S/c1-10(7-16(23)24)20-17(25)15-8-14-11(2)21-22(18(14)26-15)9-12-3-5-13(19)6-4-12/h3-6,8,10H,7,9H2,1-2H3,(H,20,25)(H,23,24). The van der Waals surface area contributed by atoms with Crippen molar-refractivity contribution >= 4 is 45.0 Å². The van der Waals surface area contributed by atoms with Gasteiger partial charge in [-0.3, -0.25) is 14.3 Å². The van der Waals surface area contributed by atoms with Crippen LogP contribution >= 0.6 is 22.9 Å². The molecule has 0 saturated heterocycles. The van der Waals surface area contributed by atoms with Crippen molar-refractivity contribution in [3.8, 4) is 0 Å². The van der Waals surface area contributed by atoms with Gasteiger partial charge < -0.3 is 10.4 Å². The molecule has 0 radical (unpaired) electrons. The fraction of sp³-hybridized carbons (Fsp3) is 0.278. The highest BCUT2D eigenvalue weighted by molar-refractivity contribution is 7.20. The second kappa shape index (κ2) is 7.47. The topological polar surface area (TPSA) is 84.2 Å². The number of fused-ring (bicyclic) bond motifs is 1. The number of halogens is 1. The molecule has 0 aliphatic heterocycles. The van der Waals surface area contributed by atoms with Crippen LogP contribution in [0.3, 0.4) is 0 Å². The monoisotopic (exact) mass is 391 g/mol. The molecule has 0 aliphatic rings. The van der Waals surface area contributed by atoms with E-state index in [-0.39, 0.29) is 12.3 Å². The van der Waals surface area contributed by atoms with Crippen LogP contribution in [-0.4, -0.2) is 32.8 Å². The number of carbonyl (C=O) groups excluding carboxylic acids is 1. The molecule has 2 N–H and O–H groups in total. The van der Waals surface area contributed by atoms with Gasteiger partial charge in [0, 0.05) is 16.5 Å². The van der Waals surface area contributed by atoms with Gasteiger partial charge in [-0.2, -0.15) is 5.10 Å². The molecule has 6 nitrogen and oxygen atoms in total. The molecular weight excluding hydrogens is 374 g/mol. The molecule has 1 unspecified atom stereocenters. The molecule has 0 bridgehead atoms. The molecule has 2 aromatic heterocycles. The van der Waals surface area contributed by atoms with Gasteiger partial charge in [0.05, 0.1) is 23.5 Å². The smallest absolute Gasteiger partial charge is 0.305 e. The fourth-order valence-corrected chi connectivity index (χ4v) is 3.89. The summed E-state index contributed by atoms with van der Waals surface area (Å²) in [6.45, 7) is 4.16. The van der Waals surface area contributed by atoms with Gasteiger partial charge >= 0.3 is 5.97 Å². The molecule has 0 spiro atoms. The highest BCUT2D eigenvalue weighted by Crippen LogP contribution is 2.29. The molecule has 3 rings (SSSR count). The van der Waals surface area contributed by atoms with Crippen LogP contribution in [0.2, 0.25) is 5.02 Å². The maximum Gasteiger partial charge on any atom is 0.305 e. The number of nitrogens with zero attached hydrogens (tertiary/aromatic N) is 2. The highest BCUT2D eigenvalue weighted by atomic mass is 35.5. The van der Waals surface area contributed by atoms with Crippen LogP contribution < -0.4 is 5.32 Å². The van der Waals surface area contributed by atoms with Crippen LogP contribution in [0.15, 0.2) is 30.3 Å². The van der Waals surface area contributed by atoms with Crippen molar-refractivity contribution in [1.82, 2.24) is 15.1 Å². The summed E-state index contributed by atoms with van der Waals surface area (Å²) < 4.78 is 1.87. The molecule has 8 heteroatoms. The van der Waals surface area contributed by atoms with E-state index in [1.165, 1.54) is 11.3 Å². The summed E-state index contributed by atoms with van der Waals surface area (Å²) in [6.07, 6.45) is -0.111. The number of aliphatic carboxylic acids is 1. The molecule has 0 aliphatic carbocycles. The van der Waals surface area contributed by atoms with Gasteiger partial charge in [-0.15, -0.1) is 11.3 Å². The lowest BCUT2D eigenvalue weighted by Gasteiger charge is -2.10. The lowest BCUT2D eigenvalue weighted by atomic mass is 10.2. The number of carboxylic acids is 1. The third kappa shape index (κ3) is 4.05. The van der Waals surface area contributed by atoms with Gasteiger partial charge in [0.1, 0.15) is 4.83 Å². The van der Waals surface area contributed by atoms with Crippen molar-refractivity contribution in [2.75, 3.05) is 0 Å². The average Bonchev–Trinajstić information content (AvgIpc) is 3.11. The van der Waals surface area contributed by atoms with E-state index in [9.17, 15) is 9.59 Å². The maximum atomic E-state index is 12.4. The number of amides is 1. The van der Waals surface area contributed by atoms with Crippen LogP contribution in [-0.2, 0) is 11.3 Å². The molecule has 1 aromatic carbocycles. The first-order chi connectivity index (χ1) is 12.3. The van der Waals surface area contributed by atoms with Crippen LogP contribution in [0.5, 0.6) is 0 Å². The second-order valence-corrected chi connectivity index (χ2v) is 7.64. The van der Waals surface area contributed by atoms with Crippen molar-refractivity contribution in [3.05, 3.63) is 51.5 Å². The Hall–Kier alpha value is -2.38. The Balaban J connectivity index is 1.83. The van der Waals surface area contributed by atoms with E-state index in [1.54, 1.807) is 6.92 Å². The van der Waals surface area contributed by atoms with Gasteiger partial charge in [-0.1, -0.05) is 23.7 Å².